The maximum atomic E-state index is 5.83. The number of nitrogens with zero attached hydrogens (tertiary/aromatic N) is 1. The predicted octanol–water partition coefficient (Wildman–Crippen LogP) is 3.49. The van der Waals surface area contributed by atoms with Crippen LogP contribution in [-0.4, -0.2) is 4.98 Å². The predicted molar refractivity (Wildman–Crippen MR) is 76.8 cm³/mol. The molecule has 0 aliphatic heterocycles. The number of nitrogens with two attached hydrogens (primary N) is 1. The minimum atomic E-state index is 0.438. The van der Waals surface area contributed by atoms with Crippen molar-refractivity contribution < 1.29 is 0 Å². The molecule has 94 valence electrons. The molecule has 1 heterocycles. The second-order valence-electron chi connectivity index (χ2n) is 4.10. The quantitative estimate of drug-likeness (QED) is 0.829. The maximum absolute atomic E-state index is 5.83. The summed E-state index contributed by atoms with van der Waals surface area (Å²) in [6, 6.07) is 11.9. The standard InChI is InChI=1S/C14H16ClN3/c1-2-10-3-5-11(6-4-10)9-17-14-12(16)7-8-13(15)18-14/h3-8H,2,9,16H2,1H3,(H,17,18). The summed E-state index contributed by atoms with van der Waals surface area (Å²) in [5.41, 5.74) is 8.94. The number of aryl methyl sites for hydroxylation is 1. The molecule has 0 fully saturated rings. The Morgan fingerprint density at radius 2 is 1.78 bits per heavy atom. The van der Waals surface area contributed by atoms with Crippen molar-refractivity contribution in [3.05, 3.63) is 52.7 Å². The van der Waals surface area contributed by atoms with Gasteiger partial charge in [0, 0.05) is 6.54 Å². The number of benzene rings is 1. The highest BCUT2D eigenvalue weighted by molar-refractivity contribution is 6.29. The number of anilines is 2. The molecular weight excluding hydrogens is 246 g/mol. The van der Waals surface area contributed by atoms with Crippen molar-refractivity contribution in [2.45, 2.75) is 19.9 Å². The lowest BCUT2D eigenvalue weighted by atomic mass is 10.1. The minimum absolute atomic E-state index is 0.438. The Morgan fingerprint density at radius 1 is 1.11 bits per heavy atom. The lowest BCUT2D eigenvalue weighted by Crippen LogP contribution is -2.04. The molecule has 3 nitrogen and oxygen atoms in total. The largest absolute Gasteiger partial charge is 0.396 e. The molecule has 0 amide bonds. The number of halogens is 1. The number of hydrogen-bond acceptors (Lipinski definition) is 3. The van der Waals surface area contributed by atoms with Crippen LogP contribution >= 0.6 is 11.6 Å². The van der Waals surface area contributed by atoms with Crippen LogP contribution in [-0.2, 0) is 13.0 Å². The van der Waals surface area contributed by atoms with Crippen molar-refractivity contribution in [2.24, 2.45) is 0 Å². The van der Waals surface area contributed by atoms with Crippen molar-refractivity contribution in [3.63, 3.8) is 0 Å². The number of rotatable bonds is 4. The second-order valence-corrected chi connectivity index (χ2v) is 4.48. The molecule has 2 rings (SSSR count). The Bertz CT molecular complexity index is 523. The van der Waals surface area contributed by atoms with E-state index >= 15 is 0 Å². The highest BCUT2D eigenvalue weighted by atomic mass is 35.5. The van der Waals surface area contributed by atoms with Gasteiger partial charge in [0.15, 0.2) is 5.82 Å². The monoisotopic (exact) mass is 261 g/mol. The molecule has 0 saturated heterocycles. The Morgan fingerprint density at radius 3 is 2.44 bits per heavy atom. The highest BCUT2D eigenvalue weighted by Crippen LogP contribution is 2.19. The maximum Gasteiger partial charge on any atom is 0.151 e. The summed E-state index contributed by atoms with van der Waals surface area (Å²) in [6.07, 6.45) is 1.05. The van der Waals surface area contributed by atoms with Crippen LogP contribution in [0.25, 0.3) is 0 Å². The van der Waals surface area contributed by atoms with Gasteiger partial charge in [0.05, 0.1) is 5.69 Å². The van der Waals surface area contributed by atoms with E-state index in [1.165, 1.54) is 11.1 Å². The lowest BCUT2D eigenvalue weighted by Gasteiger charge is -2.09. The van der Waals surface area contributed by atoms with E-state index in [2.05, 4.69) is 41.5 Å². The fourth-order valence-electron chi connectivity index (χ4n) is 1.67. The Hall–Kier alpha value is -1.74. The van der Waals surface area contributed by atoms with Crippen LogP contribution in [0.3, 0.4) is 0 Å². The summed E-state index contributed by atoms with van der Waals surface area (Å²) in [7, 11) is 0. The molecule has 0 unspecified atom stereocenters. The smallest absolute Gasteiger partial charge is 0.151 e. The molecular formula is C14H16ClN3. The number of nitrogens with one attached hydrogen (secondary N) is 1. The minimum Gasteiger partial charge on any atom is -0.396 e. The molecule has 0 saturated carbocycles. The molecule has 0 aliphatic rings. The van der Waals surface area contributed by atoms with Crippen molar-refractivity contribution >= 4 is 23.1 Å². The average molecular weight is 262 g/mol. The van der Waals surface area contributed by atoms with E-state index in [0.717, 1.165) is 6.42 Å². The van der Waals surface area contributed by atoms with Gasteiger partial charge in [-0.1, -0.05) is 42.8 Å². The van der Waals surface area contributed by atoms with Gasteiger partial charge in [-0.3, -0.25) is 0 Å². The van der Waals surface area contributed by atoms with E-state index in [4.69, 9.17) is 17.3 Å². The Kier molecular flexibility index (Phi) is 4.05. The molecule has 0 aliphatic carbocycles. The number of pyridine rings is 1. The Labute approximate surface area is 112 Å². The fraction of sp³-hybridized carbons (Fsp3) is 0.214. The lowest BCUT2D eigenvalue weighted by molar-refractivity contribution is 1.09. The molecule has 2 aromatic rings. The third kappa shape index (κ3) is 3.14. The van der Waals surface area contributed by atoms with E-state index in [1.54, 1.807) is 12.1 Å². The fourth-order valence-corrected chi connectivity index (χ4v) is 1.81. The first-order valence-corrected chi connectivity index (χ1v) is 6.30. The summed E-state index contributed by atoms with van der Waals surface area (Å²) in [4.78, 5) is 4.15. The van der Waals surface area contributed by atoms with Crippen LogP contribution in [0.1, 0.15) is 18.1 Å². The van der Waals surface area contributed by atoms with Crippen LogP contribution < -0.4 is 11.1 Å². The average Bonchev–Trinajstić information content (AvgIpc) is 2.40. The molecule has 0 bridgehead atoms. The van der Waals surface area contributed by atoms with Gasteiger partial charge >= 0.3 is 0 Å². The van der Waals surface area contributed by atoms with Gasteiger partial charge in [0.1, 0.15) is 5.15 Å². The summed E-state index contributed by atoms with van der Waals surface area (Å²) >= 11 is 5.83. The Balaban J connectivity index is 2.04. The van der Waals surface area contributed by atoms with Gasteiger partial charge in [0.2, 0.25) is 0 Å². The highest BCUT2D eigenvalue weighted by Gasteiger charge is 2.01. The van der Waals surface area contributed by atoms with Gasteiger partial charge in [-0.2, -0.15) is 0 Å². The van der Waals surface area contributed by atoms with Crippen molar-refractivity contribution in [2.75, 3.05) is 11.1 Å². The van der Waals surface area contributed by atoms with Gasteiger partial charge < -0.3 is 11.1 Å². The normalized spacial score (nSPS) is 10.3. The molecule has 0 atom stereocenters. The zero-order valence-electron chi connectivity index (χ0n) is 10.3. The first kappa shape index (κ1) is 12.7. The van der Waals surface area contributed by atoms with Gasteiger partial charge in [-0.25, -0.2) is 4.98 Å². The van der Waals surface area contributed by atoms with Crippen LogP contribution in [0.15, 0.2) is 36.4 Å². The summed E-state index contributed by atoms with van der Waals surface area (Å²) < 4.78 is 0. The molecule has 1 aromatic carbocycles. The molecule has 0 spiro atoms. The number of aromatic nitrogens is 1. The van der Waals surface area contributed by atoms with E-state index in [1.807, 2.05) is 0 Å². The van der Waals surface area contributed by atoms with Gasteiger partial charge in [-0.15, -0.1) is 0 Å². The van der Waals surface area contributed by atoms with E-state index in [0.29, 0.717) is 23.2 Å². The zero-order chi connectivity index (χ0) is 13.0. The van der Waals surface area contributed by atoms with Crippen molar-refractivity contribution in [1.29, 1.82) is 0 Å². The second kappa shape index (κ2) is 5.74. The van der Waals surface area contributed by atoms with Gasteiger partial charge in [0.25, 0.3) is 0 Å². The van der Waals surface area contributed by atoms with E-state index < -0.39 is 0 Å². The van der Waals surface area contributed by atoms with E-state index in [-0.39, 0.29) is 0 Å². The number of nitrogen functional groups attached to an aromatic ring is 1. The molecule has 0 radical (unpaired) electrons. The van der Waals surface area contributed by atoms with Crippen LogP contribution in [0.4, 0.5) is 11.5 Å². The summed E-state index contributed by atoms with van der Waals surface area (Å²) in [5.74, 6) is 0.627. The molecule has 18 heavy (non-hydrogen) atoms. The summed E-state index contributed by atoms with van der Waals surface area (Å²) in [5, 5.41) is 3.62. The summed E-state index contributed by atoms with van der Waals surface area (Å²) in [6.45, 7) is 2.82. The van der Waals surface area contributed by atoms with Crippen molar-refractivity contribution in [1.82, 2.24) is 4.98 Å². The van der Waals surface area contributed by atoms with E-state index in [9.17, 15) is 0 Å². The van der Waals surface area contributed by atoms with Crippen LogP contribution in [0, 0.1) is 0 Å². The van der Waals surface area contributed by atoms with Crippen LogP contribution in [0.2, 0.25) is 5.15 Å². The zero-order valence-corrected chi connectivity index (χ0v) is 11.0. The number of hydrogen-bond donors (Lipinski definition) is 2. The van der Waals surface area contributed by atoms with Gasteiger partial charge in [-0.05, 0) is 29.7 Å². The molecule has 1 aromatic heterocycles. The molecule has 4 heteroatoms. The third-order valence-electron chi connectivity index (χ3n) is 2.78. The molecule has 3 N–H and O–H groups in total. The first-order chi connectivity index (χ1) is 8.69. The SMILES string of the molecule is CCc1ccc(CNc2nc(Cl)ccc2N)cc1. The van der Waals surface area contributed by atoms with Crippen molar-refractivity contribution in [3.8, 4) is 0 Å². The van der Waals surface area contributed by atoms with Crippen LogP contribution in [0.5, 0.6) is 0 Å². The first-order valence-electron chi connectivity index (χ1n) is 5.92. The topological polar surface area (TPSA) is 50.9 Å². The third-order valence-corrected chi connectivity index (χ3v) is 2.99.